The molecule has 2 heterocycles. The van der Waals surface area contributed by atoms with E-state index in [-0.39, 0.29) is 17.1 Å². The van der Waals surface area contributed by atoms with Gasteiger partial charge < -0.3 is 11.1 Å². The minimum Gasteiger partial charge on any atom is -0.397 e. The Hall–Kier alpha value is -2.73. The maximum absolute atomic E-state index is 12.8. The second-order valence-corrected chi connectivity index (χ2v) is 9.85. The maximum atomic E-state index is 12.8. The maximum Gasteiger partial charge on any atom is 0.267 e. The first kappa shape index (κ1) is 19.6. The van der Waals surface area contributed by atoms with Crippen molar-refractivity contribution in [2.45, 2.75) is 46.5 Å². The fraction of sp³-hybridized carbons (Fsp3) is 0.348. The van der Waals surface area contributed by atoms with Crippen LogP contribution in [0.3, 0.4) is 0 Å². The lowest BCUT2D eigenvalue weighted by Crippen LogP contribution is -2.27. The standard InChI is InChI=1S/C23H25N3O2S/c1-12(2)13-5-7-14(8-6-13)25-21(28)20-19(24)16-9-15-17(26-22(16)29-20)10-23(3,4)11-18(15)27/h5-9,12H,10-11,24H2,1-4H3,(H,25,28). The molecule has 0 bridgehead atoms. The molecule has 5 nitrogen and oxygen atoms in total. The molecule has 0 aliphatic heterocycles. The van der Waals surface area contributed by atoms with Crippen LogP contribution in [0.4, 0.5) is 11.4 Å². The van der Waals surface area contributed by atoms with Crippen molar-refractivity contribution in [2.75, 3.05) is 11.1 Å². The molecule has 1 aliphatic carbocycles. The van der Waals surface area contributed by atoms with E-state index < -0.39 is 0 Å². The first-order valence-corrected chi connectivity index (χ1v) is 10.6. The van der Waals surface area contributed by atoms with E-state index in [1.54, 1.807) is 0 Å². The summed E-state index contributed by atoms with van der Waals surface area (Å²) in [6.45, 7) is 8.41. The number of hydrogen-bond donors (Lipinski definition) is 2. The predicted molar refractivity (Wildman–Crippen MR) is 119 cm³/mol. The van der Waals surface area contributed by atoms with Crippen molar-refractivity contribution in [1.29, 1.82) is 0 Å². The van der Waals surface area contributed by atoms with Crippen LogP contribution in [-0.4, -0.2) is 16.7 Å². The Bertz CT molecular complexity index is 1130. The SMILES string of the molecule is CC(C)c1ccc(NC(=O)c2sc3nc4c(cc3c2N)C(=O)CC(C)(C)C4)cc1. The van der Waals surface area contributed by atoms with E-state index in [1.807, 2.05) is 30.3 Å². The third-order valence-corrected chi connectivity index (χ3v) is 6.54. The first-order valence-electron chi connectivity index (χ1n) is 9.81. The molecule has 4 rings (SSSR count). The number of rotatable bonds is 3. The molecule has 0 saturated heterocycles. The van der Waals surface area contributed by atoms with Crippen molar-refractivity contribution in [1.82, 2.24) is 4.98 Å². The number of nitrogens with one attached hydrogen (secondary N) is 1. The molecule has 0 atom stereocenters. The minimum absolute atomic E-state index is 0.0903. The lowest BCUT2D eigenvalue weighted by atomic mass is 9.75. The molecule has 2 aromatic heterocycles. The normalized spacial score (nSPS) is 15.6. The largest absolute Gasteiger partial charge is 0.397 e. The summed E-state index contributed by atoms with van der Waals surface area (Å²) in [7, 11) is 0. The molecule has 1 aromatic carbocycles. The Morgan fingerprint density at radius 2 is 1.90 bits per heavy atom. The Labute approximate surface area is 174 Å². The number of hydrogen-bond acceptors (Lipinski definition) is 5. The van der Waals surface area contributed by atoms with Gasteiger partial charge in [0.1, 0.15) is 9.71 Å². The number of thiophene rings is 1. The number of Topliss-reactive ketones (excluding diaryl/α,β-unsaturated/α-hetero) is 1. The van der Waals surface area contributed by atoms with Crippen molar-refractivity contribution >= 4 is 44.6 Å². The van der Waals surface area contributed by atoms with Crippen LogP contribution < -0.4 is 11.1 Å². The van der Waals surface area contributed by atoms with Gasteiger partial charge in [-0.15, -0.1) is 11.3 Å². The van der Waals surface area contributed by atoms with Crippen molar-refractivity contribution in [2.24, 2.45) is 5.41 Å². The number of carbonyl (C=O) groups excluding carboxylic acids is 2. The average Bonchev–Trinajstić information content (AvgIpc) is 2.96. The van der Waals surface area contributed by atoms with E-state index in [2.05, 4.69) is 33.0 Å². The van der Waals surface area contributed by atoms with Crippen LogP contribution in [0.15, 0.2) is 30.3 Å². The summed E-state index contributed by atoms with van der Waals surface area (Å²) in [5.41, 5.74) is 9.95. The molecule has 0 saturated carbocycles. The van der Waals surface area contributed by atoms with Crippen LogP contribution in [-0.2, 0) is 6.42 Å². The second-order valence-electron chi connectivity index (χ2n) is 8.85. The molecule has 29 heavy (non-hydrogen) atoms. The van der Waals surface area contributed by atoms with Gasteiger partial charge in [-0.3, -0.25) is 9.59 Å². The van der Waals surface area contributed by atoms with Crippen LogP contribution >= 0.6 is 11.3 Å². The van der Waals surface area contributed by atoms with E-state index in [4.69, 9.17) is 10.7 Å². The van der Waals surface area contributed by atoms with Crippen molar-refractivity contribution in [3.8, 4) is 0 Å². The molecule has 1 amide bonds. The summed E-state index contributed by atoms with van der Waals surface area (Å²) < 4.78 is 0. The topological polar surface area (TPSA) is 85.1 Å². The van der Waals surface area contributed by atoms with Gasteiger partial charge in [-0.1, -0.05) is 39.8 Å². The Balaban J connectivity index is 1.67. The summed E-state index contributed by atoms with van der Waals surface area (Å²) in [4.78, 5) is 31.2. The number of nitrogens with two attached hydrogens (primary N) is 1. The second kappa shape index (κ2) is 6.95. The Morgan fingerprint density at radius 3 is 2.55 bits per heavy atom. The van der Waals surface area contributed by atoms with Gasteiger partial charge in [0.25, 0.3) is 5.91 Å². The molecule has 0 spiro atoms. The van der Waals surface area contributed by atoms with Crippen LogP contribution in [0.2, 0.25) is 0 Å². The highest BCUT2D eigenvalue weighted by Crippen LogP contribution is 2.39. The van der Waals surface area contributed by atoms with E-state index in [0.717, 1.165) is 17.8 Å². The number of anilines is 2. The van der Waals surface area contributed by atoms with Crippen LogP contribution in [0.25, 0.3) is 10.2 Å². The molecule has 0 unspecified atom stereocenters. The fourth-order valence-corrected chi connectivity index (χ4v) is 4.80. The van der Waals surface area contributed by atoms with Crippen molar-refractivity contribution in [3.63, 3.8) is 0 Å². The molecular formula is C23H25N3O2S. The number of benzene rings is 1. The summed E-state index contributed by atoms with van der Waals surface area (Å²) in [6, 6.07) is 9.63. The monoisotopic (exact) mass is 407 g/mol. The zero-order valence-electron chi connectivity index (χ0n) is 17.1. The van der Waals surface area contributed by atoms with Gasteiger partial charge in [-0.05, 0) is 41.5 Å². The third kappa shape index (κ3) is 3.65. The van der Waals surface area contributed by atoms with Gasteiger partial charge in [0.05, 0.1) is 11.4 Å². The van der Waals surface area contributed by atoms with E-state index in [1.165, 1.54) is 16.9 Å². The smallest absolute Gasteiger partial charge is 0.267 e. The van der Waals surface area contributed by atoms with E-state index in [0.29, 0.717) is 38.7 Å². The summed E-state index contributed by atoms with van der Waals surface area (Å²) in [6.07, 6.45) is 1.24. The van der Waals surface area contributed by atoms with Gasteiger partial charge in [-0.25, -0.2) is 4.98 Å². The van der Waals surface area contributed by atoms with Gasteiger partial charge >= 0.3 is 0 Å². The van der Waals surface area contributed by atoms with Crippen LogP contribution in [0.5, 0.6) is 0 Å². The summed E-state index contributed by atoms with van der Waals surface area (Å²) >= 11 is 1.27. The first-order chi connectivity index (χ1) is 13.6. The highest BCUT2D eigenvalue weighted by molar-refractivity contribution is 7.21. The number of pyridine rings is 1. The summed E-state index contributed by atoms with van der Waals surface area (Å²) in [5.74, 6) is 0.266. The molecule has 0 radical (unpaired) electrons. The van der Waals surface area contributed by atoms with E-state index in [9.17, 15) is 9.59 Å². The van der Waals surface area contributed by atoms with E-state index >= 15 is 0 Å². The number of amides is 1. The molecule has 0 fully saturated rings. The third-order valence-electron chi connectivity index (χ3n) is 5.43. The van der Waals surface area contributed by atoms with Gasteiger partial charge in [0, 0.05) is 23.1 Å². The van der Waals surface area contributed by atoms with Crippen molar-refractivity contribution < 1.29 is 9.59 Å². The quantitative estimate of drug-likeness (QED) is 0.608. The lowest BCUT2D eigenvalue weighted by Gasteiger charge is -2.29. The van der Waals surface area contributed by atoms with Gasteiger partial charge in [0.2, 0.25) is 0 Å². The highest BCUT2D eigenvalue weighted by atomic mass is 32.1. The molecule has 6 heteroatoms. The van der Waals surface area contributed by atoms with Crippen molar-refractivity contribution in [3.05, 3.63) is 52.0 Å². The Kier molecular flexibility index (Phi) is 4.69. The lowest BCUT2D eigenvalue weighted by molar-refractivity contribution is 0.0910. The Morgan fingerprint density at radius 1 is 1.21 bits per heavy atom. The number of nitrogens with zero attached hydrogens (tertiary/aromatic N) is 1. The minimum atomic E-state index is -0.257. The number of ketones is 1. The zero-order chi connectivity index (χ0) is 20.9. The van der Waals surface area contributed by atoms with Gasteiger partial charge in [-0.2, -0.15) is 0 Å². The zero-order valence-corrected chi connectivity index (χ0v) is 17.9. The van der Waals surface area contributed by atoms with Crippen LogP contribution in [0.1, 0.15) is 71.3 Å². The highest BCUT2D eigenvalue weighted by Gasteiger charge is 2.33. The number of aromatic nitrogens is 1. The molecule has 3 N–H and O–H groups in total. The van der Waals surface area contributed by atoms with Crippen LogP contribution in [0, 0.1) is 5.41 Å². The molecule has 150 valence electrons. The molecular weight excluding hydrogens is 382 g/mol. The van der Waals surface area contributed by atoms with Gasteiger partial charge in [0.15, 0.2) is 5.78 Å². The predicted octanol–water partition coefficient (Wildman–Crippen LogP) is 5.41. The summed E-state index contributed by atoms with van der Waals surface area (Å²) in [5, 5.41) is 3.60. The number of fused-ring (bicyclic) bond motifs is 2. The molecule has 1 aliphatic rings. The average molecular weight is 408 g/mol. The fourth-order valence-electron chi connectivity index (χ4n) is 3.81. The number of nitrogen functional groups attached to an aromatic ring is 1. The number of carbonyl (C=O) groups is 2. The molecule has 3 aromatic rings.